The highest BCUT2D eigenvalue weighted by Gasteiger charge is 2.51. The summed E-state index contributed by atoms with van der Waals surface area (Å²) >= 11 is 0. The van der Waals surface area contributed by atoms with Gasteiger partial charge in [0.1, 0.15) is 11.9 Å². The van der Waals surface area contributed by atoms with Crippen LogP contribution in [0.4, 0.5) is 0 Å². The molecule has 1 N–H and O–H groups in total. The van der Waals surface area contributed by atoms with E-state index in [0.717, 1.165) is 25.7 Å². The molecule has 1 aliphatic carbocycles. The van der Waals surface area contributed by atoms with Crippen molar-refractivity contribution in [3.8, 4) is 0 Å². The SMILES string of the molecule is O=C(N1CCCC(O)(C2CC2)C1)C1(n2cnnn2)CCOCC1. The molecular weight excluding hydrogens is 298 g/mol. The third-order valence-electron chi connectivity index (χ3n) is 5.63. The Labute approximate surface area is 134 Å². The van der Waals surface area contributed by atoms with Gasteiger partial charge in [0.05, 0.1) is 5.60 Å². The third-order valence-corrected chi connectivity index (χ3v) is 5.63. The quantitative estimate of drug-likeness (QED) is 0.838. The van der Waals surface area contributed by atoms with Crippen molar-refractivity contribution in [2.75, 3.05) is 26.3 Å². The van der Waals surface area contributed by atoms with E-state index in [9.17, 15) is 9.90 Å². The third kappa shape index (κ3) is 2.53. The van der Waals surface area contributed by atoms with E-state index in [1.54, 1.807) is 4.68 Å². The van der Waals surface area contributed by atoms with E-state index in [4.69, 9.17) is 4.74 Å². The van der Waals surface area contributed by atoms with Crippen LogP contribution in [0, 0.1) is 5.92 Å². The van der Waals surface area contributed by atoms with Crippen LogP contribution in [0.2, 0.25) is 0 Å². The van der Waals surface area contributed by atoms with Crippen LogP contribution in [0.5, 0.6) is 0 Å². The highest BCUT2D eigenvalue weighted by atomic mass is 16.5. The summed E-state index contributed by atoms with van der Waals surface area (Å²) < 4.78 is 7.03. The fraction of sp³-hybridized carbons (Fsp3) is 0.867. The number of ether oxygens (including phenoxy) is 1. The van der Waals surface area contributed by atoms with E-state index in [-0.39, 0.29) is 5.91 Å². The predicted molar refractivity (Wildman–Crippen MR) is 79.3 cm³/mol. The van der Waals surface area contributed by atoms with Gasteiger partial charge in [-0.2, -0.15) is 0 Å². The number of likely N-dealkylation sites (tertiary alicyclic amines) is 1. The van der Waals surface area contributed by atoms with Crippen molar-refractivity contribution in [3.63, 3.8) is 0 Å². The van der Waals surface area contributed by atoms with Crippen molar-refractivity contribution >= 4 is 5.91 Å². The molecule has 1 aromatic heterocycles. The Bertz CT molecular complexity index is 568. The van der Waals surface area contributed by atoms with Gasteiger partial charge in [0, 0.05) is 39.1 Å². The van der Waals surface area contributed by atoms with Crippen molar-refractivity contribution in [2.24, 2.45) is 5.92 Å². The van der Waals surface area contributed by atoms with E-state index in [0.29, 0.717) is 45.1 Å². The number of hydrogen-bond donors (Lipinski definition) is 1. The maximum Gasteiger partial charge on any atom is 0.250 e. The largest absolute Gasteiger partial charge is 0.388 e. The lowest BCUT2D eigenvalue weighted by Gasteiger charge is -2.44. The molecular formula is C15H23N5O3. The zero-order valence-corrected chi connectivity index (χ0v) is 13.2. The second-order valence-electron chi connectivity index (χ2n) is 7.11. The standard InChI is InChI=1S/C15H23N5O3/c21-13(19-7-1-4-15(22,10-19)12-2-3-12)14(5-8-23-9-6-14)20-11-16-17-18-20/h11-12,22H,1-10H2. The van der Waals surface area contributed by atoms with Gasteiger partial charge >= 0.3 is 0 Å². The van der Waals surface area contributed by atoms with Gasteiger partial charge in [-0.1, -0.05) is 0 Å². The molecule has 8 heteroatoms. The first-order chi connectivity index (χ1) is 11.1. The van der Waals surface area contributed by atoms with Crippen LogP contribution in [-0.2, 0) is 15.1 Å². The molecule has 3 heterocycles. The van der Waals surface area contributed by atoms with Crippen molar-refractivity contribution in [1.82, 2.24) is 25.1 Å². The summed E-state index contributed by atoms with van der Waals surface area (Å²) in [6, 6.07) is 0. The number of rotatable bonds is 3. The first-order valence-corrected chi connectivity index (χ1v) is 8.47. The maximum absolute atomic E-state index is 13.3. The van der Waals surface area contributed by atoms with Gasteiger partial charge in [0.25, 0.3) is 5.91 Å². The molecule has 23 heavy (non-hydrogen) atoms. The lowest BCUT2D eigenvalue weighted by atomic mass is 9.84. The van der Waals surface area contributed by atoms with Crippen LogP contribution in [0.1, 0.15) is 38.5 Å². The fourth-order valence-electron chi connectivity index (χ4n) is 4.09. The number of piperidine rings is 1. The van der Waals surface area contributed by atoms with Gasteiger partial charge in [-0.15, -0.1) is 5.10 Å². The van der Waals surface area contributed by atoms with Crippen LogP contribution in [-0.4, -0.2) is 68.0 Å². The molecule has 0 bridgehead atoms. The van der Waals surface area contributed by atoms with Gasteiger partial charge in [-0.3, -0.25) is 4.79 Å². The Balaban J connectivity index is 1.60. The molecule has 8 nitrogen and oxygen atoms in total. The highest BCUT2D eigenvalue weighted by Crippen LogP contribution is 2.44. The predicted octanol–water partition coefficient (Wildman–Crippen LogP) is -0.0577. The summed E-state index contributed by atoms with van der Waals surface area (Å²) in [7, 11) is 0. The number of carbonyl (C=O) groups is 1. The monoisotopic (exact) mass is 321 g/mol. The number of β-amino-alcohol motifs (C(OH)–C–C–N with tert-alkyl or cyclic N) is 1. The molecule has 1 atom stereocenters. The number of hydrogen-bond acceptors (Lipinski definition) is 6. The molecule has 1 amide bonds. The molecule has 126 valence electrons. The van der Waals surface area contributed by atoms with E-state index in [1.165, 1.54) is 6.33 Å². The van der Waals surface area contributed by atoms with E-state index < -0.39 is 11.1 Å². The molecule has 0 radical (unpaired) electrons. The highest BCUT2D eigenvalue weighted by molar-refractivity contribution is 5.84. The summed E-state index contributed by atoms with van der Waals surface area (Å²) in [6.07, 6.45) is 6.43. The first kappa shape index (κ1) is 15.0. The summed E-state index contributed by atoms with van der Waals surface area (Å²) in [5.74, 6) is 0.378. The average molecular weight is 321 g/mol. The molecule has 3 aliphatic rings. The summed E-state index contributed by atoms with van der Waals surface area (Å²) in [5.41, 5.74) is -1.48. The van der Waals surface area contributed by atoms with Crippen LogP contribution < -0.4 is 0 Å². The minimum Gasteiger partial charge on any atom is -0.388 e. The summed E-state index contributed by atoms with van der Waals surface area (Å²) in [4.78, 5) is 15.2. The van der Waals surface area contributed by atoms with Gasteiger partial charge in [-0.25, -0.2) is 4.68 Å². The van der Waals surface area contributed by atoms with Crippen molar-refractivity contribution < 1.29 is 14.6 Å². The Morgan fingerprint density at radius 2 is 2.04 bits per heavy atom. The molecule has 1 unspecified atom stereocenters. The molecule has 2 saturated heterocycles. The molecule has 2 aliphatic heterocycles. The van der Waals surface area contributed by atoms with Crippen LogP contribution >= 0.6 is 0 Å². The molecule has 1 aromatic rings. The number of aromatic nitrogens is 4. The number of aliphatic hydroxyl groups is 1. The molecule has 0 spiro atoms. The minimum absolute atomic E-state index is 0.0203. The van der Waals surface area contributed by atoms with Crippen molar-refractivity contribution in [1.29, 1.82) is 0 Å². The number of nitrogens with zero attached hydrogens (tertiary/aromatic N) is 5. The molecule has 3 fully saturated rings. The van der Waals surface area contributed by atoms with Crippen molar-refractivity contribution in [2.45, 2.75) is 49.7 Å². The van der Waals surface area contributed by atoms with Crippen LogP contribution in [0.15, 0.2) is 6.33 Å². The number of carbonyl (C=O) groups excluding carboxylic acids is 1. The number of amides is 1. The lowest BCUT2D eigenvalue weighted by Crippen LogP contribution is -2.59. The fourth-order valence-corrected chi connectivity index (χ4v) is 4.09. The van der Waals surface area contributed by atoms with Gasteiger partial charge < -0.3 is 14.7 Å². The smallest absolute Gasteiger partial charge is 0.250 e. The topological polar surface area (TPSA) is 93.4 Å². The Hall–Kier alpha value is -1.54. The molecule has 1 saturated carbocycles. The zero-order chi connectivity index (χ0) is 15.9. The van der Waals surface area contributed by atoms with Gasteiger partial charge in [-0.05, 0) is 42.0 Å². The van der Waals surface area contributed by atoms with E-state index in [2.05, 4.69) is 15.5 Å². The van der Waals surface area contributed by atoms with E-state index >= 15 is 0 Å². The van der Waals surface area contributed by atoms with Gasteiger partial charge in [0.15, 0.2) is 0 Å². The Morgan fingerprint density at radius 3 is 2.70 bits per heavy atom. The second kappa shape index (κ2) is 5.52. The lowest BCUT2D eigenvalue weighted by molar-refractivity contribution is -0.155. The number of tetrazole rings is 1. The first-order valence-electron chi connectivity index (χ1n) is 8.47. The van der Waals surface area contributed by atoms with E-state index in [1.807, 2.05) is 4.90 Å². The Morgan fingerprint density at radius 1 is 1.26 bits per heavy atom. The van der Waals surface area contributed by atoms with Crippen LogP contribution in [0.3, 0.4) is 0 Å². The Kier molecular flexibility index (Phi) is 3.60. The second-order valence-corrected chi connectivity index (χ2v) is 7.11. The van der Waals surface area contributed by atoms with Crippen molar-refractivity contribution in [3.05, 3.63) is 6.33 Å². The molecule has 4 rings (SSSR count). The molecule has 0 aromatic carbocycles. The average Bonchev–Trinajstić information content (AvgIpc) is 3.31. The minimum atomic E-state index is -0.774. The summed E-state index contributed by atoms with van der Waals surface area (Å²) in [5, 5.41) is 22.3. The van der Waals surface area contributed by atoms with Gasteiger partial charge in [0.2, 0.25) is 0 Å². The zero-order valence-electron chi connectivity index (χ0n) is 13.2. The van der Waals surface area contributed by atoms with Crippen LogP contribution in [0.25, 0.3) is 0 Å². The summed E-state index contributed by atoms with van der Waals surface area (Å²) in [6.45, 7) is 2.17. The normalized spacial score (nSPS) is 31.1. The maximum atomic E-state index is 13.3.